The third kappa shape index (κ3) is 2.98. The molecule has 0 heterocycles. The maximum Gasteiger partial charge on any atom is 0.315 e. The first-order valence-corrected chi connectivity index (χ1v) is 8.79. The normalized spacial score (nSPS) is 30.3. The van der Waals surface area contributed by atoms with E-state index in [1.807, 2.05) is 0 Å². The highest BCUT2D eigenvalue weighted by Crippen LogP contribution is 2.57. The van der Waals surface area contributed by atoms with E-state index in [-0.39, 0.29) is 11.4 Å². The van der Waals surface area contributed by atoms with Gasteiger partial charge in [0.25, 0.3) is 0 Å². The number of amides is 2. The van der Waals surface area contributed by atoms with Crippen LogP contribution in [0.25, 0.3) is 0 Å². The summed E-state index contributed by atoms with van der Waals surface area (Å²) < 4.78 is 11.0. The lowest BCUT2D eigenvalue weighted by Gasteiger charge is -2.60. The van der Waals surface area contributed by atoms with Crippen molar-refractivity contribution in [2.24, 2.45) is 10.8 Å². The SMILES string of the molecule is CCOC1CC(NC(=O)NCC2(CCOC)CC2)C12CCC2. The van der Waals surface area contributed by atoms with Crippen molar-refractivity contribution in [2.75, 3.05) is 26.9 Å². The monoisotopic (exact) mass is 310 g/mol. The number of rotatable bonds is 8. The Labute approximate surface area is 133 Å². The number of ether oxygens (including phenoxy) is 2. The minimum absolute atomic E-state index is 0.00471. The predicted molar refractivity (Wildman–Crippen MR) is 84.8 cm³/mol. The Morgan fingerprint density at radius 2 is 2.05 bits per heavy atom. The summed E-state index contributed by atoms with van der Waals surface area (Å²) in [4.78, 5) is 12.2. The van der Waals surface area contributed by atoms with Crippen molar-refractivity contribution < 1.29 is 14.3 Å². The van der Waals surface area contributed by atoms with E-state index in [9.17, 15) is 4.79 Å². The van der Waals surface area contributed by atoms with Gasteiger partial charge in [0, 0.05) is 38.3 Å². The first kappa shape index (κ1) is 16.1. The van der Waals surface area contributed by atoms with Gasteiger partial charge >= 0.3 is 6.03 Å². The zero-order valence-electron chi connectivity index (χ0n) is 14.0. The van der Waals surface area contributed by atoms with Crippen molar-refractivity contribution in [1.29, 1.82) is 0 Å². The Kier molecular flexibility index (Phi) is 4.64. The van der Waals surface area contributed by atoms with Crippen molar-refractivity contribution in [3.63, 3.8) is 0 Å². The van der Waals surface area contributed by atoms with Crippen molar-refractivity contribution in [3.8, 4) is 0 Å². The second kappa shape index (κ2) is 6.36. The van der Waals surface area contributed by atoms with Crippen LogP contribution in [0, 0.1) is 10.8 Å². The highest BCUT2D eigenvalue weighted by molar-refractivity contribution is 5.74. The second-order valence-electron chi connectivity index (χ2n) is 7.39. The summed E-state index contributed by atoms with van der Waals surface area (Å²) in [6, 6.07) is 0.293. The zero-order valence-corrected chi connectivity index (χ0v) is 14.0. The molecule has 0 aliphatic heterocycles. The number of nitrogens with one attached hydrogen (secondary N) is 2. The van der Waals surface area contributed by atoms with Crippen LogP contribution < -0.4 is 10.6 Å². The molecule has 2 atom stereocenters. The molecule has 5 heteroatoms. The lowest BCUT2D eigenvalue weighted by Crippen LogP contribution is -2.68. The molecule has 126 valence electrons. The summed E-state index contributed by atoms with van der Waals surface area (Å²) in [5, 5.41) is 6.27. The molecule has 3 aliphatic carbocycles. The van der Waals surface area contributed by atoms with Gasteiger partial charge in [0.05, 0.1) is 6.10 Å². The van der Waals surface area contributed by atoms with Crippen LogP contribution in [0.4, 0.5) is 4.79 Å². The molecule has 0 aromatic heterocycles. The van der Waals surface area contributed by atoms with Crippen molar-refractivity contribution in [1.82, 2.24) is 10.6 Å². The molecule has 3 fully saturated rings. The number of hydrogen-bond donors (Lipinski definition) is 2. The molecular weight excluding hydrogens is 280 g/mol. The lowest BCUT2D eigenvalue weighted by molar-refractivity contribution is -0.169. The van der Waals surface area contributed by atoms with Crippen LogP contribution in [0.15, 0.2) is 0 Å². The Morgan fingerprint density at radius 1 is 1.27 bits per heavy atom. The van der Waals surface area contributed by atoms with E-state index >= 15 is 0 Å². The minimum atomic E-state index is -0.00471. The van der Waals surface area contributed by atoms with E-state index in [0.717, 1.165) is 32.6 Å². The van der Waals surface area contributed by atoms with Gasteiger partial charge in [-0.3, -0.25) is 0 Å². The molecule has 0 aromatic rings. The first-order chi connectivity index (χ1) is 10.6. The maximum absolute atomic E-state index is 12.2. The third-order valence-electron chi connectivity index (χ3n) is 6.16. The summed E-state index contributed by atoms with van der Waals surface area (Å²) in [7, 11) is 1.74. The molecule has 3 aliphatic rings. The largest absolute Gasteiger partial charge is 0.385 e. The molecule has 1 spiro atoms. The van der Waals surface area contributed by atoms with Gasteiger partial charge in [0.2, 0.25) is 0 Å². The Morgan fingerprint density at radius 3 is 2.59 bits per heavy atom. The second-order valence-corrected chi connectivity index (χ2v) is 7.39. The highest BCUT2D eigenvalue weighted by Gasteiger charge is 2.59. The predicted octanol–water partition coefficient (Wildman–Crippen LogP) is 2.45. The Hall–Kier alpha value is -0.810. The molecule has 0 aromatic carbocycles. The van der Waals surface area contributed by atoms with E-state index in [0.29, 0.717) is 17.6 Å². The minimum Gasteiger partial charge on any atom is -0.385 e. The molecule has 0 saturated heterocycles. The summed E-state index contributed by atoms with van der Waals surface area (Å²) >= 11 is 0. The average Bonchev–Trinajstić information content (AvgIpc) is 3.20. The molecular formula is C17H30N2O3. The lowest BCUT2D eigenvalue weighted by atomic mass is 9.51. The third-order valence-corrected chi connectivity index (χ3v) is 6.16. The molecule has 3 saturated carbocycles. The number of urea groups is 1. The van der Waals surface area contributed by atoms with Crippen LogP contribution >= 0.6 is 0 Å². The van der Waals surface area contributed by atoms with Gasteiger partial charge in [-0.25, -0.2) is 4.79 Å². The van der Waals surface area contributed by atoms with E-state index < -0.39 is 0 Å². The summed E-state index contributed by atoms with van der Waals surface area (Å²) in [5.41, 5.74) is 0.537. The van der Waals surface area contributed by atoms with Gasteiger partial charge in [-0.1, -0.05) is 6.42 Å². The molecule has 0 bridgehead atoms. The summed E-state index contributed by atoms with van der Waals surface area (Å²) in [5.74, 6) is 0. The summed E-state index contributed by atoms with van der Waals surface area (Å²) in [6.07, 6.45) is 8.43. The Balaban J connectivity index is 1.41. The highest BCUT2D eigenvalue weighted by atomic mass is 16.5. The van der Waals surface area contributed by atoms with Gasteiger partial charge in [-0.2, -0.15) is 0 Å². The van der Waals surface area contributed by atoms with E-state index in [4.69, 9.17) is 9.47 Å². The van der Waals surface area contributed by atoms with Crippen LogP contribution in [-0.4, -0.2) is 45.0 Å². The first-order valence-electron chi connectivity index (χ1n) is 8.79. The quantitative estimate of drug-likeness (QED) is 0.724. The average molecular weight is 310 g/mol. The van der Waals surface area contributed by atoms with Crippen LogP contribution in [0.5, 0.6) is 0 Å². The van der Waals surface area contributed by atoms with Crippen LogP contribution in [-0.2, 0) is 9.47 Å². The topological polar surface area (TPSA) is 59.6 Å². The number of hydrogen-bond acceptors (Lipinski definition) is 3. The fraction of sp³-hybridized carbons (Fsp3) is 0.941. The number of carbonyl (C=O) groups excluding carboxylic acids is 1. The molecule has 5 nitrogen and oxygen atoms in total. The molecule has 2 unspecified atom stereocenters. The standard InChI is InChI=1S/C17H30N2O3/c1-3-22-14-11-13(17(14)5-4-6-17)19-15(20)18-12-16(7-8-16)9-10-21-2/h13-14H,3-12H2,1-2H3,(H2,18,19,20). The van der Waals surface area contributed by atoms with Gasteiger partial charge in [-0.05, 0) is 50.9 Å². The maximum atomic E-state index is 12.2. The summed E-state index contributed by atoms with van der Waals surface area (Å²) in [6.45, 7) is 4.38. The van der Waals surface area contributed by atoms with E-state index in [1.54, 1.807) is 7.11 Å². The molecule has 2 amide bonds. The van der Waals surface area contributed by atoms with Crippen LogP contribution in [0.2, 0.25) is 0 Å². The van der Waals surface area contributed by atoms with Crippen molar-refractivity contribution >= 4 is 6.03 Å². The van der Waals surface area contributed by atoms with Gasteiger partial charge < -0.3 is 20.1 Å². The van der Waals surface area contributed by atoms with Crippen LogP contribution in [0.3, 0.4) is 0 Å². The Bertz CT molecular complexity index is 405. The molecule has 3 rings (SSSR count). The number of methoxy groups -OCH3 is 1. The van der Waals surface area contributed by atoms with Gasteiger partial charge in [0.1, 0.15) is 0 Å². The van der Waals surface area contributed by atoms with Crippen LogP contribution in [0.1, 0.15) is 51.9 Å². The molecule has 2 N–H and O–H groups in total. The van der Waals surface area contributed by atoms with Crippen molar-refractivity contribution in [2.45, 2.75) is 64.0 Å². The smallest absolute Gasteiger partial charge is 0.315 e. The number of carbonyl (C=O) groups is 1. The van der Waals surface area contributed by atoms with Gasteiger partial charge in [-0.15, -0.1) is 0 Å². The molecule has 0 radical (unpaired) electrons. The van der Waals surface area contributed by atoms with E-state index in [1.165, 1.54) is 32.1 Å². The zero-order chi connectivity index (χ0) is 15.6. The van der Waals surface area contributed by atoms with Crippen molar-refractivity contribution in [3.05, 3.63) is 0 Å². The fourth-order valence-electron chi connectivity index (χ4n) is 4.13. The fourth-order valence-corrected chi connectivity index (χ4v) is 4.13. The van der Waals surface area contributed by atoms with Gasteiger partial charge in [0.15, 0.2) is 0 Å². The van der Waals surface area contributed by atoms with E-state index in [2.05, 4.69) is 17.6 Å². The molecule has 22 heavy (non-hydrogen) atoms.